The van der Waals surface area contributed by atoms with Gasteiger partial charge in [0.25, 0.3) is 0 Å². The Hall–Kier alpha value is -1.98. The molecule has 1 amide bonds. The second-order valence-electron chi connectivity index (χ2n) is 7.61. The molecule has 0 atom stereocenters. The molecule has 1 fully saturated rings. The molecule has 1 aliphatic rings. The van der Waals surface area contributed by atoms with E-state index in [0.29, 0.717) is 6.54 Å². The highest BCUT2D eigenvalue weighted by Crippen LogP contribution is 2.24. The minimum Gasteiger partial charge on any atom is -0.368 e. The SMILES string of the molecule is CSc1ccc(CN(C)CC(=O)N2CCN(c3cccc(C)c3C)CC2)cc1. The Bertz CT molecular complexity index is 798. The first-order valence-corrected chi connectivity index (χ1v) is 11.1. The van der Waals surface area contributed by atoms with Gasteiger partial charge in [-0.15, -0.1) is 11.8 Å². The Morgan fingerprint density at radius 2 is 1.71 bits per heavy atom. The molecule has 0 aliphatic carbocycles. The van der Waals surface area contributed by atoms with Crippen LogP contribution in [0.5, 0.6) is 0 Å². The van der Waals surface area contributed by atoms with Crippen LogP contribution >= 0.6 is 11.8 Å². The van der Waals surface area contributed by atoms with Gasteiger partial charge in [0.15, 0.2) is 0 Å². The van der Waals surface area contributed by atoms with E-state index in [4.69, 9.17) is 0 Å². The van der Waals surface area contributed by atoms with E-state index in [-0.39, 0.29) is 5.91 Å². The molecule has 1 aliphatic heterocycles. The number of piperazine rings is 1. The van der Waals surface area contributed by atoms with Crippen LogP contribution in [0.3, 0.4) is 0 Å². The fraction of sp³-hybridized carbons (Fsp3) is 0.435. The Morgan fingerprint density at radius 1 is 1.04 bits per heavy atom. The van der Waals surface area contributed by atoms with Crippen LogP contribution < -0.4 is 4.90 Å². The largest absolute Gasteiger partial charge is 0.368 e. The van der Waals surface area contributed by atoms with Crippen LogP contribution in [0.1, 0.15) is 16.7 Å². The Kier molecular flexibility index (Phi) is 7.03. The number of benzene rings is 2. The summed E-state index contributed by atoms with van der Waals surface area (Å²) in [7, 11) is 2.02. The number of hydrogen-bond acceptors (Lipinski definition) is 4. The number of nitrogens with zero attached hydrogens (tertiary/aromatic N) is 3. The number of anilines is 1. The van der Waals surface area contributed by atoms with Gasteiger partial charge < -0.3 is 9.80 Å². The Morgan fingerprint density at radius 3 is 2.36 bits per heavy atom. The fourth-order valence-electron chi connectivity index (χ4n) is 3.70. The zero-order chi connectivity index (χ0) is 20.1. The molecule has 0 radical (unpaired) electrons. The summed E-state index contributed by atoms with van der Waals surface area (Å²) >= 11 is 1.75. The second kappa shape index (κ2) is 9.48. The lowest BCUT2D eigenvalue weighted by atomic mass is 10.1. The zero-order valence-electron chi connectivity index (χ0n) is 17.4. The first-order valence-electron chi connectivity index (χ1n) is 9.88. The molecule has 0 bridgehead atoms. The van der Waals surface area contributed by atoms with Crippen molar-refractivity contribution < 1.29 is 4.79 Å². The second-order valence-corrected chi connectivity index (χ2v) is 8.49. The predicted molar refractivity (Wildman–Crippen MR) is 119 cm³/mol. The summed E-state index contributed by atoms with van der Waals surface area (Å²) in [5.41, 5.74) is 5.21. The number of amides is 1. The molecule has 0 aromatic heterocycles. The van der Waals surface area contributed by atoms with Crippen LogP contribution in [-0.4, -0.2) is 61.7 Å². The molecule has 0 spiro atoms. The third-order valence-corrected chi connectivity index (χ3v) is 6.31. The number of carbonyl (C=O) groups excluding carboxylic acids is 1. The molecule has 4 nitrogen and oxygen atoms in total. The van der Waals surface area contributed by atoms with Crippen LogP contribution in [0.25, 0.3) is 0 Å². The van der Waals surface area contributed by atoms with Gasteiger partial charge in [-0.3, -0.25) is 9.69 Å². The van der Waals surface area contributed by atoms with Gasteiger partial charge >= 0.3 is 0 Å². The van der Waals surface area contributed by atoms with E-state index in [2.05, 4.69) is 72.4 Å². The monoisotopic (exact) mass is 397 g/mol. The van der Waals surface area contributed by atoms with Crippen LogP contribution in [0, 0.1) is 13.8 Å². The third kappa shape index (κ3) is 5.09. The summed E-state index contributed by atoms with van der Waals surface area (Å²) in [5, 5.41) is 0. The number of rotatable bonds is 6. The van der Waals surface area contributed by atoms with Crippen LogP contribution in [0.15, 0.2) is 47.4 Å². The van der Waals surface area contributed by atoms with Gasteiger partial charge in [0, 0.05) is 43.3 Å². The molecule has 28 heavy (non-hydrogen) atoms. The summed E-state index contributed by atoms with van der Waals surface area (Å²) in [6.07, 6.45) is 2.08. The molecule has 0 saturated carbocycles. The summed E-state index contributed by atoms with van der Waals surface area (Å²) in [4.78, 5) is 20.5. The normalized spacial score (nSPS) is 14.6. The molecule has 3 rings (SSSR count). The minimum absolute atomic E-state index is 0.226. The summed E-state index contributed by atoms with van der Waals surface area (Å²) in [6.45, 7) is 8.99. The standard InChI is InChI=1S/C23H31N3OS/c1-18-6-5-7-22(19(18)2)25-12-14-26(15-13-25)23(27)17-24(3)16-20-8-10-21(28-4)11-9-20/h5-11H,12-17H2,1-4H3. The molecular weight excluding hydrogens is 366 g/mol. The maximum Gasteiger partial charge on any atom is 0.236 e. The molecule has 2 aromatic carbocycles. The van der Waals surface area contributed by atoms with Crippen molar-refractivity contribution in [3.63, 3.8) is 0 Å². The molecule has 1 saturated heterocycles. The highest BCUT2D eigenvalue weighted by atomic mass is 32.2. The van der Waals surface area contributed by atoms with Crippen LogP contribution in [0.2, 0.25) is 0 Å². The van der Waals surface area contributed by atoms with Gasteiger partial charge in [0.05, 0.1) is 6.54 Å². The minimum atomic E-state index is 0.226. The molecule has 0 N–H and O–H groups in total. The van der Waals surface area contributed by atoms with Crippen molar-refractivity contribution in [1.82, 2.24) is 9.80 Å². The maximum absolute atomic E-state index is 12.7. The average molecular weight is 398 g/mol. The van der Waals surface area contributed by atoms with E-state index in [9.17, 15) is 4.79 Å². The molecule has 2 aromatic rings. The topological polar surface area (TPSA) is 26.8 Å². The molecular formula is C23H31N3OS. The fourth-order valence-corrected chi connectivity index (χ4v) is 4.11. The lowest BCUT2D eigenvalue weighted by Crippen LogP contribution is -2.51. The number of hydrogen-bond donors (Lipinski definition) is 0. The Balaban J connectivity index is 1.49. The van der Waals surface area contributed by atoms with Crippen molar-refractivity contribution in [3.8, 4) is 0 Å². The van der Waals surface area contributed by atoms with Gasteiger partial charge in [0.2, 0.25) is 5.91 Å². The van der Waals surface area contributed by atoms with E-state index >= 15 is 0 Å². The summed E-state index contributed by atoms with van der Waals surface area (Å²) < 4.78 is 0. The lowest BCUT2D eigenvalue weighted by molar-refractivity contribution is -0.132. The molecule has 1 heterocycles. The molecule has 5 heteroatoms. The van der Waals surface area contributed by atoms with Crippen molar-refractivity contribution in [3.05, 3.63) is 59.2 Å². The van der Waals surface area contributed by atoms with Crippen molar-refractivity contribution in [2.75, 3.05) is 50.9 Å². The van der Waals surface area contributed by atoms with Gasteiger partial charge in [-0.25, -0.2) is 0 Å². The highest BCUT2D eigenvalue weighted by Gasteiger charge is 2.23. The van der Waals surface area contributed by atoms with Gasteiger partial charge in [-0.05, 0) is 62.0 Å². The number of aryl methyl sites for hydroxylation is 1. The van der Waals surface area contributed by atoms with E-state index < -0.39 is 0 Å². The van der Waals surface area contributed by atoms with E-state index in [1.54, 1.807) is 11.8 Å². The summed E-state index contributed by atoms with van der Waals surface area (Å²) in [5.74, 6) is 0.226. The average Bonchev–Trinajstić information content (AvgIpc) is 2.70. The Labute approximate surface area is 173 Å². The van der Waals surface area contributed by atoms with Crippen molar-refractivity contribution >= 4 is 23.4 Å². The van der Waals surface area contributed by atoms with Crippen molar-refractivity contribution in [1.29, 1.82) is 0 Å². The van der Waals surface area contributed by atoms with Gasteiger partial charge in [-0.1, -0.05) is 24.3 Å². The predicted octanol–water partition coefficient (Wildman–Crippen LogP) is 3.81. The van der Waals surface area contributed by atoms with Crippen LogP contribution in [-0.2, 0) is 11.3 Å². The molecule has 150 valence electrons. The number of likely N-dealkylation sites (N-methyl/N-ethyl adjacent to an activating group) is 1. The van der Waals surface area contributed by atoms with Crippen molar-refractivity contribution in [2.45, 2.75) is 25.3 Å². The quantitative estimate of drug-likeness (QED) is 0.693. The van der Waals surface area contributed by atoms with Gasteiger partial charge in [0.1, 0.15) is 0 Å². The van der Waals surface area contributed by atoms with Crippen molar-refractivity contribution in [2.24, 2.45) is 0 Å². The van der Waals surface area contributed by atoms with E-state index in [1.165, 1.54) is 27.3 Å². The number of thioether (sulfide) groups is 1. The van der Waals surface area contributed by atoms with Crippen LogP contribution in [0.4, 0.5) is 5.69 Å². The summed E-state index contributed by atoms with van der Waals surface area (Å²) in [6, 6.07) is 15.0. The molecule has 0 unspecified atom stereocenters. The highest BCUT2D eigenvalue weighted by molar-refractivity contribution is 7.98. The zero-order valence-corrected chi connectivity index (χ0v) is 18.3. The van der Waals surface area contributed by atoms with E-state index in [1.807, 2.05) is 11.9 Å². The first-order chi connectivity index (χ1) is 13.5. The first kappa shape index (κ1) is 20.7. The maximum atomic E-state index is 12.7. The smallest absolute Gasteiger partial charge is 0.236 e. The van der Waals surface area contributed by atoms with E-state index in [0.717, 1.165) is 32.7 Å². The van der Waals surface area contributed by atoms with Gasteiger partial charge in [-0.2, -0.15) is 0 Å². The number of carbonyl (C=O) groups is 1. The third-order valence-electron chi connectivity index (χ3n) is 5.57. The lowest BCUT2D eigenvalue weighted by Gasteiger charge is -2.37.